The molecular weight excluding hydrogens is 211 g/mol. The van der Waals surface area contributed by atoms with Gasteiger partial charge < -0.3 is 5.11 Å². The SMILES string of the molecule is CC(C)N(CC(=O)O)Cc1cncc(F)c1. The molecule has 0 unspecified atom stereocenters. The third-order valence-electron chi connectivity index (χ3n) is 2.22. The van der Waals surface area contributed by atoms with Crippen LogP contribution in [0.5, 0.6) is 0 Å². The van der Waals surface area contributed by atoms with Crippen molar-refractivity contribution >= 4 is 5.97 Å². The molecule has 0 atom stereocenters. The zero-order valence-electron chi connectivity index (χ0n) is 9.35. The second kappa shape index (κ2) is 5.55. The van der Waals surface area contributed by atoms with Gasteiger partial charge in [0.05, 0.1) is 12.7 Å². The third kappa shape index (κ3) is 3.94. The van der Waals surface area contributed by atoms with Crippen molar-refractivity contribution in [2.75, 3.05) is 6.54 Å². The summed E-state index contributed by atoms with van der Waals surface area (Å²) in [6.45, 7) is 4.12. The molecule has 1 rings (SSSR count). The van der Waals surface area contributed by atoms with Crippen molar-refractivity contribution in [1.29, 1.82) is 0 Å². The Labute approximate surface area is 93.7 Å². The van der Waals surface area contributed by atoms with Crippen LogP contribution in [0.3, 0.4) is 0 Å². The summed E-state index contributed by atoms with van der Waals surface area (Å²) < 4.78 is 12.9. The first-order chi connectivity index (χ1) is 7.49. The number of rotatable bonds is 5. The number of halogens is 1. The predicted octanol–water partition coefficient (Wildman–Crippen LogP) is 1.52. The van der Waals surface area contributed by atoms with Crippen molar-refractivity contribution in [2.24, 2.45) is 0 Å². The maximum absolute atomic E-state index is 12.9. The quantitative estimate of drug-likeness (QED) is 0.827. The minimum absolute atomic E-state index is 0.0613. The Morgan fingerprint density at radius 2 is 2.25 bits per heavy atom. The van der Waals surface area contributed by atoms with Gasteiger partial charge in [-0.15, -0.1) is 0 Å². The standard InChI is InChI=1S/C11H15FN2O2/c1-8(2)14(7-11(15)16)6-9-3-10(12)5-13-4-9/h3-5,8H,6-7H2,1-2H3,(H,15,16). The zero-order chi connectivity index (χ0) is 12.1. The second-order valence-electron chi connectivity index (χ2n) is 3.90. The molecule has 5 heteroatoms. The molecular formula is C11H15FN2O2. The van der Waals surface area contributed by atoms with Crippen LogP contribution in [-0.4, -0.2) is 33.5 Å². The number of aromatic nitrogens is 1. The number of carbonyl (C=O) groups is 1. The Kier molecular flexibility index (Phi) is 4.37. The first kappa shape index (κ1) is 12.6. The Hall–Kier alpha value is -1.49. The number of carboxylic acid groups (broad SMARTS) is 1. The van der Waals surface area contributed by atoms with E-state index in [-0.39, 0.29) is 12.6 Å². The van der Waals surface area contributed by atoms with Crippen molar-refractivity contribution in [1.82, 2.24) is 9.88 Å². The molecule has 16 heavy (non-hydrogen) atoms. The lowest BCUT2D eigenvalue weighted by atomic mass is 10.2. The highest BCUT2D eigenvalue weighted by Gasteiger charge is 2.14. The maximum Gasteiger partial charge on any atom is 0.317 e. The van der Waals surface area contributed by atoms with Gasteiger partial charge in [0.1, 0.15) is 5.82 Å². The Morgan fingerprint density at radius 3 is 2.75 bits per heavy atom. The molecule has 1 heterocycles. The van der Waals surface area contributed by atoms with Gasteiger partial charge in [0.25, 0.3) is 0 Å². The lowest BCUT2D eigenvalue weighted by Crippen LogP contribution is -2.35. The molecule has 0 aliphatic heterocycles. The Bertz CT molecular complexity index is 369. The van der Waals surface area contributed by atoms with Gasteiger partial charge in [0.15, 0.2) is 0 Å². The first-order valence-electron chi connectivity index (χ1n) is 5.04. The van der Waals surface area contributed by atoms with E-state index in [0.717, 1.165) is 6.20 Å². The number of nitrogens with zero attached hydrogens (tertiary/aromatic N) is 2. The van der Waals surface area contributed by atoms with E-state index < -0.39 is 11.8 Å². The largest absolute Gasteiger partial charge is 0.480 e. The number of pyridine rings is 1. The maximum atomic E-state index is 12.9. The second-order valence-corrected chi connectivity index (χ2v) is 3.90. The molecule has 0 saturated heterocycles. The summed E-state index contributed by atoms with van der Waals surface area (Å²) >= 11 is 0. The van der Waals surface area contributed by atoms with Crippen LogP contribution in [0.25, 0.3) is 0 Å². The number of hydrogen-bond donors (Lipinski definition) is 1. The smallest absolute Gasteiger partial charge is 0.317 e. The minimum Gasteiger partial charge on any atom is -0.480 e. The van der Waals surface area contributed by atoms with Gasteiger partial charge in [-0.1, -0.05) is 0 Å². The van der Waals surface area contributed by atoms with Gasteiger partial charge in [-0.05, 0) is 25.5 Å². The Balaban J connectivity index is 2.71. The van der Waals surface area contributed by atoms with Crippen molar-refractivity contribution < 1.29 is 14.3 Å². The van der Waals surface area contributed by atoms with Gasteiger partial charge in [-0.3, -0.25) is 14.7 Å². The molecule has 4 nitrogen and oxygen atoms in total. The molecule has 0 fully saturated rings. The number of aliphatic carboxylic acids is 1. The van der Waals surface area contributed by atoms with E-state index in [2.05, 4.69) is 4.98 Å². The summed E-state index contributed by atoms with van der Waals surface area (Å²) in [5, 5.41) is 8.73. The van der Waals surface area contributed by atoms with Gasteiger partial charge >= 0.3 is 5.97 Å². The van der Waals surface area contributed by atoms with E-state index >= 15 is 0 Å². The summed E-state index contributed by atoms with van der Waals surface area (Å²) in [5.74, 6) is -1.30. The van der Waals surface area contributed by atoms with Crippen LogP contribution < -0.4 is 0 Å². The topological polar surface area (TPSA) is 53.4 Å². The zero-order valence-corrected chi connectivity index (χ0v) is 9.35. The summed E-state index contributed by atoms with van der Waals surface area (Å²) in [7, 11) is 0. The molecule has 1 aromatic heterocycles. The molecule has 1 aromatic rings. The van der Waals surface area contributed by atoms with Gasteiger partial charge in [-0.25, -0.2) is 4.39 Å². The Morgan fingerprint density at radius 1 is 1.56 bits per heavy atom. The van der Waals surface area contributed by atoms with Crippen LogP contribution in [0.1, 0.15) is 19.4 Å². The minimum atomic E-state index is -0.891. The molecule has 0 aliphatic carbocycles. The fraction of sp³-hybridized carbons (Fsp3) is 0.455. The molecule has 0 amide bonds. The van der Waals surface area contributed by atoms with Crippen molar-refractivity contribution in [3.63, 3.8) is 0 Å². The van der Waals surface area contributed by atoms with E-state index in [4.69, 9.17) is 5.11 Å². The monoisotopic (exact) mass is 226 g/mol. The fourth-order valence-electron chi connectivity index (χ4n) is 1.37. The number of carboxylic acids is 1. The van der Waals surface area contributed by atoms with E-state index in [1.807, 2.05) is 13.8 Å². The van der Waals surface area contributed by atoms with Crippen molar-refractivity contribution in [3.8, 4) is 0 Å². The van der Waals surface area contributed by atoms with E-state index in [9.17, 15) is 9.18 Å². The number of hydrogen-bond acceptors (Lipinski definition) is 3. The van der Waals surface area contributed by atoms with Crippen molar-refractivity contribution in [3.05, 3.63) is 29.8 Å². The van der Waals surface area contributed by atoms with Gasteiger partial charge in [0, 0.05) is 18.8 Å². The fourth-order valence-corrected chi connectivity index (χ4v) is 1.37. The van der Waals surface area contributed by atoms with E-state index in [1.54, 1.807) is 11.1 Å². The summed E-state index contributed by atoms with van der Waals surface area (Å²) in [6, 6.07) is 1.45. The molecule has 0 aromatic carbocycles. The average molecular weight is 226 g/mol. The molecule has 0 saturated carbocycles. The average Bonchev–Trinajstić information content (AvgIpc) is 2.15. The predicted molar refractivity (Wildman–Crippen MR) is 57.4 cm³/mol. The molecule has 0 radical (unpaired) electrons. The van der Waals surface area contributed by atoms with E-state index in [1.165, 1.54) is 6.07 Å². The lowest BCUT2D eigenvalue weighted by molar-refractivity contribution is -0.138. The summed E-state index contributed by atoms with van der Waals surface area (Å²) in [5.41, 5.74) is 0.676. The molecule has 0 aliphatic rings. The van der Waals surface area contributed by atoms with Gasteiger partial charge in [-0.2, -0.15) is 0 Å². The molecule has 88 valence electrons. The normalized spacial score (nSPS) is 11.1. The van der Waals surface area contributed by atoms with Crippen LogP contribution in [0, 0.1) is 5.82 Å². The molecule has 0 spiro atoms. The summed E-state index contributed by atoms with van der Waals surface area (Å²) in [4.78, 5) is 16.1. The highest BCUT2D eigenvalue weighted by Crippen LogP contribution is 2.08. The molecule has 1 N–H and O–H groups in total. The highest BCUT2D eigenvalue weighted by atomic mass is 19.1. The first-order valence-corrected chi connectivity index (χ1v) is 5.04. The van der Waals surface area contributed by atoms with Gasteiger partial charge in [0.2, 0.25) is 0 Å². The van der Waals surface area contributed by atoms with E-state index in [0.29, 0.717) is 12.1 Å². The van der Waals surface area contributed by atoms with Crippen LogP contribution in [0.15, 0.2) is 18.5 Å². The molecule has 0 bridgehead atoms. The third-order valence-corrected chi connectivity index (χ3v) is 2.22. The van der Waals surface area contributed by atoms with Crippen molar-refractivity contribution in [2.45, 2.75) is 26.4 Å². The lowest BCUT2D eigenvalue weighted by Gasteiger charge is -2.24. The highest BCUT2D eigenvalue weighted by molar-refractivity contribution is 5.69. The van der Waals surface area contributed by atoms with Crippen LogP contribution in [-0.2, 0) is 11.3 Å². The van der Waals surface area contributed by atoms with Crippen LogP contribution in [0.2, 0.25) is 0 Å². The van der Waals surface area contributed by atoms with Crippen LogP contribution >= 0.6 is 0 Å². The summed E-state index contributed by atoms with van der Waals surface area (Å²) in [6.07, 6.45) is 2.67. The van der Waals surface area contributed by atoms with Crippen LogP contribution in [0.4, 0.5) is 4.39 Å².